The number of amides is 1. The summed E-state index contributed by atoms with van der Waals surface area (Å²) in [5.41, 5.74) is 2.61. The summed E-state index contributed by atoms with van der Waals surface area (Å²) in [6, 6.07) is 29.8. The molecule has 5 aromatic rings. The molecule has 0 spiro atoms. The Morgan fingerprint density at radius 2 is 1.67 bits per heavy atom. The van der Waals surface area contributed by atoms with Crippen molar-refractivity contribution >= 4 is 39.3 Å². The Balaban J connectivity index is 1.18. The molecule has 0 atom stereocenters. The van der Waals surface area contributed by atoms with Crippen LogP contribution in [-0.4, -0.2) is 28.6 Å². The average molecular weight is 498 g/mol. The number of fused-ring (bicyclic) bond motifs is 2. The number of aryl methyl sites for hydroxylation is 2. The third-order valence-corrected chi connectivity index (χ3v) is 6.56. The van der Waals surface area contributed by atoms with Gasteiger partial charge in [0.15, 0.2) is 0 Å². The first kappa shape index (κ1) is 23.9. The van der Waals surface area contributed by atoms with Crippen molar-refractivity contribution in [3.8, 4) is 5.75 Å². The Morgan fingerprint density at radius 3 is 2.56 bits per heavy atom. The maximum Gasteiger partial charge on any atom is 0.252 e. The summed E-state index contributed by atoms with van der Waals surface area (Å²) in [5, 5.41) is 5.82. The molecular weight excluding hydrogens is 470 g/mol. The summed E-state index contributed by atoms with van der Waals surface area (Å²) < 4.78 is 8.32. The number of carbonyl (C=O) groups excluding carboxylic acids is 1. The van der Waals surface area contributed by atoms with Gasteiger partial charge in [0.1, 0.15) is 11.6 Å². The monoisotopic (exact) mass is 497 g/mol. The maximum absolute atomic E-state index is 12.4. The van der Waals surface area contributed by atoms with E-state index in [-0.39, 0.29) is 5.91 Å². The van der Waals surface area contributed by atoms with Crippen LogP contribution in [0, 0.1) is 0 Å². The number of aromatic nitrogens is 2. The topological polar surface area (TPSA) is 56.2 Å². The number of ether oxygens (including phenoxy) is 1. The Labute approximate surface area is 215 Å². The Kier molecular flexibility index (Phi) is 7.48. The number of nitrogens with one attached hydrogen (secondary N) is 1. The smallest absolute Gasteiger partial charge is 0.252 e. The molecule has 1 heterocycles. The molecule has 0 saturated carbocycles. The molecule has 0 unspecified atom stereocenters. The van der Waals surface area contributed by atoms with Crippen LogP contribution in [0.5, 0.6) is 5.75 Å². The second-order valence-electron chi connectivity index (χ2n) is 8.72. The quantitative estimate of drug-likeness (QED) is 0.219. The third-order valence-electron chi connectivity index (χ3n) is 6.23. The molecule has 0 aliphatic heterocycles. The van der Waals surface area contributed by atoms with Gasteiger partial charge in [-0.3, -0.25) is 4.79 Å². The van der Waals surface area contributed by atoms with Gasteiger partial charge >= 0.3 is 0 Å². The number of hydrogen-bond donors (Lipinski definition) is 1. The van der Waals surface area contributed by atoms with Gasteiger partial charge < -0.3 is 14.6 Å². The van der Waals surface area contributed by atoms with Crippen LogP contribution in [0.25, 0.3) is 21.8 Å². The summed E-state index contributed by atoms with van der Waals surface area (Å²) >= 11 is 6.13. The van der Waals surface area contributed by atoms with Crippen molar-refractivity contribution < 1.29 is 9.53 Å². The largest absolute Gasteiger partial charge is 0.494 e. The van der Waals surface area contributed by atoms with E-state index in [2.05, 4.69) is 40.2 Å². The minimum Gasteiger partial charge on any atom is -0.494 e. The molecule has 5 nitrogen and oxygen atoms in total. The SMILES string of the molecule is O=C(NCCCc1nc2ccccc2n1CCCOc1ccc2ccccc2c1)c1ccccc1Cl. The Bertz CT molecular complexity index is 1490. The number of imidazole rings is 1. The number of nitrogens with zero attached hydrogens (tertiary/aromatic N) is 2. The molecule has 4 aromatic carbocycles. The van der Waals surface area contributed by atoms with Gasteiger partial charge in [-0.25, -0.2) is 4.98 Å². The summed E-state index contributed by atoms with van der Waals surface area (Å²) in [4.78, 5) is 17.3. The highest BCUT2D eigenvalue weighted by molar-refractivity contribution is 6.33. The van der Waals surface area contributed by atoms with Crippen LogP contribution in [-0.2, 0) is 13.0 Å². The number of halogens is 1. The van der Waals surface area contributed by atoms with E-state index < -0.39 is 0 Å². The van der Waals surface area contributed by atoms with E-state index in [1.165, 1.54) is 10.8 Å². The zero-order valence-corrected chi connectivity index (χ0v) is 20.7. The summed E-state index contributed by atoms with van der Waals surface area (Å²) in [5.74, 6) is 1.76. The molecule has 1 N–H and O–H groups in total. The fourth-order valence-corrected chi connectivity index (χ4v) is 4.65. The molecule has 182 valence electrons. The fraction of sp³-hybridized carbons (Fsp3) is 0.200. The predicted molar refractivity (Wildman–Crippen MR) is 146 cm³/mol. The fourth-order valence-electron chi connectivity index (χ4n) is 4.42. The van der Waals surface area contributed by atoms with Crippen molar-refractivity contribution in [2.24, 2.45) is 0 Å². The van der Waals surface area contributed by atoms with E-state index in [0.29, 0.717) is 23.7 Å². The van der Waals surface area contributed by atoms with E-state index in [0.717, 1.165) is 48.4 Å². The number of hydrogen-bond acceptors (Lipinski definition) is 3. The van der Waals surface area contributed by atoms with E-state index in [1.807, 2.05) is 48.5 Å². The molecule has 36 heavy (non-hydrogen) atoms. The summed E-state index contributed by atoms with van der Waals surface area (Å²) in [7, 11) is 0. The number of para-hydroxylation sites is 2. The second kappa shape index (κ2) is 11.3. The van der Waals surface area contributed by atoms with E-state index in [1.54, 1.807) is 12.1 Å². The summed E-state index contributed by atoms with van der Waals surface area (Å²) in [6.45, 7) is 1.99. The van der Waals surface area contributed by atoms with E-state index >= 15 is 0 Å². The summed E-state index contributed by atoms with van der Waals surface area (Å²) in [6.07, 6.45) is 2.42. The number of rotatable bonds is 10. The molecular formula is C30H28ClN3O2. The first-order chi connectivity index (χ1) is 17.7. The van der Waals surface area contributed by atoms with Gasteiger partial charge in [-0.1, -0.05) is 66.2 Å². The van der Waals surface area contributed by atoms with Crippen molar-refractivity contribution in [1.29, 1.82) is 0 Å². The Hall–Kier alpha value is -3.83. The lowest BCUT2D eigenvalue weighted by atomic mass is 10.1. The first-order valence-corrected chi connectivity index (χ1v) is 12.7. The van der Waals surface area contributed by atoms with Crippen LogP contribution in [0.15, 0.2) is 91.0 Å². The lowest BCUT2D eigenvalue weighted by molar-refractivity contribution is 0.0953. The Morgan fingerprint density at radius 1 is 0.889 bits per heavy atom. The highest BCUT2D eigenvalue weighted by Gasteiger charge is 2.12. The lowest BCUT2D eigenvalue weighted by Gasteiger charge is -2.11. The standard InChI is InChI=1S/C30H28ClN3O2/c31-26-12-4-3-11-25(26)30(35)32-18-7-15-29-33-27-13-5-6-14-28(27)34(29)19-8-20-36-24-17-16-22-9-1-2-10-23(22)21-24/h1-6,9-14,16-17,21H,7-8,15,18-20H2,(H,32,35). The van der Waals surface area contributed by atoms with Crippen LogP contribution in [0.2, 0.25) is 5.02 Å². The van der Waals surface area contributed by atoms with Crippen LogP contribution < -0.4 is 10.1 Å². The lowest BCUT2D eigenvalue weighted by Crippen LogP contribution is -2.25. The highest BCUT2D eigenvalue weighted by Crippen LogP contribution is 2.22. The molecule has 1 amide bonds. The molecule has 0 aliphatic rings. The van der Waals surface area contributed by atoms with E-state index in [4.69, 9.17) is 21.3 Å². The van der Waals surface area contributed by atoms with E-state index in [9.17, 15) is 4.79 Å². The molecule has 6 heteroatoms. The number of benzene rings is 4. The minimum absolute atomic E-state index is 0.153. The van der Waals surface area contributed by atoms with Gasteiger partial charge in [0, 0.05) is 19.5 Å². The average Bonchev–Trinajstić information content (AvgIpc) is 3.26. The van der Waals surface area contributed by atoms with Crippen LogP contribution in [0.3, 0.4) is 0 Å². The van der Waals surface area contributed by atoms with Crippen molar-refractivity contribution in [1.82, 2.24) is 14.9 Å². The third kappa shape index (κ3) is 5.52. The molecule has 0 fully saturated rings. The van der Waals surface area contributed by atoms with Crippen LogP contribution in [0.1, 0.15) is 29.0 Å². The highest BCUT2D eigenvalue weighted by atomic mass is 35.5. The van der Waals surface area contributed by atoms with Gasteiger partial charge in [-0.05, 0) is 60.0 Å². The molecule has 0 radical (unpaired) electrons. The molecule has 5 rings (SSSR count). The molecule has 0 bridgehead atoms. The predicted octanol–water partition coefficient (Wildman–Crippen LogP) is 6.67. The van der Waals surface area contributed by atoms with Gasteiger partial charge in [0.05, 0.1) is 28.2 Å². The van der Waals surface area contributed by atoms with Gasteiger partial charge in [0.25, 0.3) is 5.91 Å². The molecule has 0 aliphatic carbocycles. The van der Waals surface area contributed by atoms with Crippen LogP contribution >= 0.6 is 11.6 Å². The molecule has 0 saturated heterocycles. The first-order valence-electron chi connectivity index (χ1n) is 12.3. The normalized spacial score (nSPS) is 11.1. The van der Waals surface area contributed by atoms with Crippen molar-refractivity contribution in [2.75, 3.05) is 13.2 Å². The zero-order valence-electron chi connectivity index (χ0n) is 20.0. The van der Waals surface area contributed by atoms with Crippen molar-refractivity contribution in [3.63, 3.8) is 0 Å². The van der Waals surface area contributed by atoms with Gasteiger partial charge in [-0.15, -0.1) is 0 Å². The number of carbonyl (C=O) groups is 1. The second-order valence-corrected chi connectivity index (χ2v) is 9.13. The van der Waals surface area contributed by atoms with Gasteiger partial charge in [0.2, 0.25) is 0 Å². The van der Waals surface area contributed by atoms with Crippen LogP contribution in [0.4, 0.5) is 0 Å². The molecule has 1 aromatic heterocycles. The minimum atomic E-state index is -0.153. The maximum atomic E-state index is 12.4. The van der Waals surface area contributed by atoms with Crippen molar-refractivity contribution in [2.45, 2.75) is 25.8 Å². The zero-order chi connectivity index (χ0) is 24.7. The van der Waals surface area contributed by atoms with Crippen molar-refractivity contribution in [3.05, 3.63) is 107 Å². The van der Waals surface area contributed by atoms with Gasteiger partial charge in [-0.2, -0.15) is 0 Å².